The number of carbonyl (C=O) groups excluding carboxylic acids is 1. The van der Waals surface area contributed by atoms with Crippen molar-refractivity contribution >= 4 is 29.4 Å². The molecule has 2 N–H and O–H groups in total. The summed E-state index contributed by atoms with van der Waals surface area (Å²) in [4.78, 5) is 24.2. The van der Waals surface area contributed by atoms with Crippen LogP contribution in [0, 0.1) is 0 Å². The van der Waals surface area contributed by atoms with Gasteiger partial charge in [-0.05, 0) is 64.7 Å². The maximum Gasteiger partial charge on any atom is 0.411 e. The summed E-state index contributed by atoms with van der Waals surface area (Å²) in [5.74, 6) is -0.471. The third-order valence-electron chi connectivity index (χ3n) is 5.85. The number of halogens is 1. The number of rotatable bonds is 6. The van der Waals surface area contributed by atoms with E-state index < -0.39 is 12.1 Å². The smallest absolute Gasteiger partial charge is 0.411 e. The third kappa shape index (κ3) is 4.69. The molecule has 4 aromatic rings. The zero-order valence-electron chi connectivity index (χ0n) is 18.4. The van der Waals surface area contributed by atoms with Crippen LogP contribution in [0.3, 0.4) is 0 Å². The molecule has 6 nitrogen and oxygen atoms in total. The number of hydrogen-bond donors (Lipinski definition) is 2. The van der Waals surface area contributed by atoms with Gasteiger partial charge >= 0.3 is 12.1 Å². The van der Waals surface area contributed by atoms with Gasteiger partial charge < -0.3 is 14.6 Å². The van der Waals surface area contributed by atoms with Gasteiger partial charge in [0.25, 0.3) is 0 Å². The molecule has 0 spiro atoms. The number of ether oxygens (including phenoxy) is 2. The minimum absolute atomic E-state index is 0.00223. The zero-order chi connectivity index (χ0) is 24.4. The third-order valence-corrected chi connectivity index (χ3v) is 6.10. The Morgan fingerprint density at radius 3 is 2.11 bits per heavy atom. The van der Waals surface area contributed by atoms with Gasteiger partial charge in [0.1, 0.15) is 12.4 Å². The Kier molecular flexibility index (Phi) is 6.12. The number of nitrogens with one attached hydrogen (secondary N) is 1. The second-order valence-electron chi connectivity index (χ2n) is 8.02. The Bertz CT molecular complexity index is 1370. The van der Waals surface area contributed by atoms with Crippen LogP contribution in [0.2, 0.25) is 5.02 Å². The van der Waals surface area contributed by atoms with Gasteiger partial charge in [-0.2, -0.15) is 0 Å². The van der Waals surface area contributed by atoms with E-state index in [0.717, 1.165) is 22.3 Å². The molecule has 0 bridgehead atoms. The number of benzene rings is 4. The van der Waals surface area contributed by atoms with Gasteiger partial charge in [0.15, 0.2) is 5.75 Å². The SMILES string of the molecule is O=C(Nc1cc(C(=O)O)ccc1Oc1ccc(Cl)cc1)OCC1c2ccccc2-c2ccccc21. The highest BCUT2D eigenvalue weighted by atomic mass is 35.5. The van der Waals surface area contributed by atoms with E-state index in [1.54, 1.807) is 24.3 Å². The standard InChI is InChI=1S/C28H20ClNO5/c29-18-10-12-19(13-11-18)35-26-14-9-17(27(31)32)15-25(26)30-28(33)34-16-24-22-7-3-1-5-20(22)21-6-2-4-8-23(21)24/h1-15,24H,16H2,(H,30,33)(H,31,32). The van der Waals surface area contributed by atoms with Crippen LogP contribution < -0.4 is 10.1 Å². The summed E-state index contributed by atoms with van der Waals surface area (Å²) in [7, 11) is 0. The van der Waals surface area contributed by atoms with Crippen molar-refractivity contribution in [2.24, 2.45) is 0 Å². The molecule has 7 heteroatoms. The van der Waals surface area contributed by atoms with Crippen molar-refractivity contribution < 1.29 is 24.2 Å². The summed E-state index contributed by atoms with van der Waals surface area (Å²) in [6.45, 7) is 0.131. The fourth-order valence-corrected chi connectivity index (χ4v) is 4.35. The predicted octanol–water partition coefficient (Wildman–Crippen LogP) is 7.19. The van der Waals surface area contributed by atoms with Gasteiger partial charge in [0.05, 0.1) is 11.3 Å². The van der Waals surface area contributed by atoms with Crippen molar-refractivity contribution in [3.63, 3.8) is 0 Å². The van der Waals surface area contributed by atoms with E-state index in [9.17, 15) is 14.7 Å². The van der Waals surface area contributed by atoms with Crippen molar-refractivity contribution in [1.82, 2.24) is 0 Å². The Balaban J connectivity index is 1.34. The highest BCUT2D eigenvalue weighted by Gasteiger charge is 2.29. The van der Waals surface area contributed by atoms with Gasteiger partial charge in [0, 0.05) is 10.9 Å². The minimum atomic E-state index is -1.13. The first-order valence-corrected chi connectivity index (χ1v) is 11.3. The van der Waals surface area contributed by atoms with E-state index in [1.807, 2.05) is 36.4 Å². The first kappa shape index (κ1) is 22.5. The molecule has 0 aliphatic heterocycles. The second kappa shape index (κ2) is 9.52. The summed E-state index contributed by atoms with van der Waals surface area (Å²) in [5, 5.41) is 12.6. The van der Waals surface area contributed by atoms with E-state index in [0.29, 0.717) is 10.8 Å². The molecule has 0 saturated heterocycles. The average Bonchev–Trinajstić information content (AvgIpc) is 3.19. The summed E-state index contributed by atoms with van der Waals surface area (Å²) < 4.78 is 11.4. The van der Waals surface area contributed by atoms with Gasteiger partial charge in [0.2, 0.25) is 0 Å². The highest BCUT2D eigenvalue weighted by Crippen LogP contribution is 2.44. The molecule has 1 amide bonds. The van der Waals surface area contributed by atoms with Crippen LogP contribution in [0.1, 0.15) is 27.4 Å². The van der Waals surface area contributed by atoms with Crippen LogP contribution in [0.5, 0.6) is 11.5 Å². The Morgan fingerprint density at radius 1 is 0.857 bits per heavy atom. The molecule has 0 aromatic heterocycles. The van der Waals surface area contributed by atoms with E-state index in [-0.39, 0.29) is 29.5 Å². The first-order chi connectivity index (χ1) is 17.0. The van der Waals surface area contributed by atoms with Crippen molar-refractivity contribution in [1.29, 1.82) is 0 Å². The molecule has 1 aliphatic rings. The lowest BCUT2D eigenvalue weighted by atomic mass is 9.98. The van der Waals surface area contributed by atoms with E-state index in [4.69, 9.17) is 21.1 Å². The topological polar surface area (TPSA) is 84.9 Å². The Morgan fingerprint density at radius 2 is 1.49 bits per heavy atom. The summed E-state index contributed by atoms with van der Waals surface area (Å²) in [6, 6.07) is 27.0. The molecule has 4 aromatic carbocycles. The molecule has 0 radical (unpaired) electrons. The molecular formula is C28H20ClNO5. The van der Waals surface area contributed by atoms with E-state index in [2.05, 4.69) is 17.4 Å². The molecule has 0 heterocycles. The maximum absolute atomic E-state index is 12.8. The summed E-state index contributed by atoms with van der Waals surface area (Å²) in [5.41, 5.74) is 4.64. The summed E-state index contributed by atoms with van der Waals surface area (Å²) >= 11 is 5.93. The number of fused-ring (bicyclic) bond motifs is 3. The van der Waals surface area contributed by atoms with Crippen molar-refractivity contribution in [2.45, 2.75) is 5.92 Å². The molecule has 174 valence electrons. The summed E-state index contributed by atoms with van der Waals surface area (Å²) in [6.07, 6.45) is -0.713. The lowest BCUT2D eigenvalue weighted by Gasteiger charge is -2.16. The number of carbonyl (C=O) groups is 2. The monoisotopic (exact) mass is 485 g/mol. The highest BCUT2D eigenvalue weighted by molar-refractivity contribution is 6.30. The largest absolute Gasteiger partial charge is 0.478 e. The molecule has 35 heavy (non-hydrogen) atoms. The molecule has 0 saturated carbocycles. The predicted molar refractivity (Wildman–Crippen MR) is 134 cm³/mol. The van der Waals surface area contributed by atoms with Crippen molar-refractivity contribution in [3.8, 4) is 22.6 Å². The van der Waals surface area contributed by atoms with Crippen LogP contribution >= 0.6 is 11.6 Å². The molecule has 5 rings (SSSR count). The van der Waals surface area contributed by atoms with Crippen LogP contribution in [0.15, 0.2) is 91.0 Å². The van der Waals surface area contributed by atoms with Crippen molar-refractivity contribution in [2.75, 3.05) is 11.9 Å². The Hall–Kier alpha value is -4.29. The van der Waals surface area contributed by atoms with E-state index >= 15 is 0 Å². The van der Waals surface area contributed by atoms with Gasteiger partial charge in [-0.25, -0.2) is 9.59 Å². The number of anilines is 1. The average molecular weight is 486 g/mol. The molecule has 0 fully saturated rings. The maximum atomic E-state index is 12.8. The molecule has 0 unspecified atom stereocenters. The fourth-order valence-electron chi connectivity index (χ4n) is 4.22. The van der Waals surface area contributed by atoms with Crippen LogP contribution in [0.4, 0.5) is 10.5 Å². The number of amides is 1. The normalized spacial score (nSPS) is 11.9. The minimum Gasteiger partial charge on any atom is -0.478 e. The first-order valence-electron chi connectivity index (χ1n) is 10.9. The number of carboxylic acid groups (broad SMARTS) is 1. The number of carboxylic acids is 1. The molecule has 0 atom stereocenters. The number of aromatic carboxylic acids is 1. The van der Waals surface area contributed by atoms with Crippen LogP contribution in [-0.4, -0.2) is 23.8 Å². The lowest BCUT2D eigenvalue weighted by molar-refractivity contribution is 0.0696. The van der Waals surface area contributed by atoms with Crippen LogP contribution in [0.25, 0.3) is 11.1 Å². The van der Waals surface area contributed by atoms with Gasteiger partial charge in [-0.3, -0.25) is 5.32 Å². The Labute approximate surface area is 206 Å². The van der Waals surface area contributed by atoms with Crippen LogP contribution in [-0.2, 0) is 4.74 Å². The number of hydrogen-bond acceptors (Lipinski definition) is 4. The fraction of sp³-hybridized carbons (Fsp3) is 0.0714. The van der Waals surface area contributed by atoms with E-state index in [1.165, 1.54) is 18.2 Å². The lowest BCUT2D eigenvalue weighted by Crippen LogP contribution is -2.18. The van der Waals surface area contributed by atoms with Gasteiger partial charge in [-0.1, -0.05) is 60.1 Å². The van der Waals surface area contributed by atoms with Crippen molar-refractivity contribution in [3.05, 3.63) is 113 Å². The van der Waals surface area contributed by atoms with Gasteiger partial charge in [-0.15, -0.1) is 0 Å². The quantitative estimate of drug-likeness (QED) is 0.302. The zero-order valence-corrected chi connectivity index (χ0v) is 19.2. The second-order valence-corrected chi connectivity index (χ2v) is 8.46. The molecule has 1 aliphatic carbocycles. The molecular weight excluding hydrogens is 466 g/mol.